The van der Waals surface area contributed by atoms with Crippen LogP contribution in [0.3, 0.4) is 0 Å². The summed E-state index contributed by atoms with van der Waals surface area (Å²) >= 11 is 2.86. The highest BCUT2D eigenvalue weighted by Crippen LogP contribution is 2.24. The van der Waals surface area contributed by atoms with Crippen LogP contribution in [-0.2, 0) is 0 Å². The molecule has 0 saturated carbocycles. The third-order valence-corrected chi connectivity index (χ3v) is 3.03. The van der Waals surface area contributed by atoms with Crippen molar-refractivity contribution in [1.29, 1.82) is 0 Å². The van der Waals surface area contributed by atoms with E-state index < -0.39 is 34.7 Å². The van der Waals surface area contributed by atoms with E-state index in [1.807, 2.05) is 0 Å². The minimum Gasteiger partial charge on any atom is -0.381 e. The third kappa shape index (κ3) is 2.74. The van der Waals surface area contributed by atoms with Gasteiger partial charge in [-0.2, -0.15) is 0 Å². The molecule has 0 unspecified atom stereocenters. The molecule has 2 rings (SSSR count). The summed E-state index contributed by atoms with van der Waals surface area (Å²) in [6.45, 7) is 0. The number of hydrogen-bond donors (Lipinski definition) is 2. The Hall–Kier alpha value is -2.09. The van der Waals surface area contributed by atoms with Gasteiger partial charge in [-0.3, -0.25) is 4.79 Å². The number of benzene rings is 1. The summed E-state index contributed by atoms with van der Waals surface area (Å²) < 4.78 is 40.1. The topological polar surface area (TPSA) is 68.0 Å². The van der Waals surface area contributed by atoms with E-state index in [-0.39, 0.29) is 10.2 Å². The number of halogens is 4. The summed E-state index contributed by atoms with van der Waals surface area (Å²) in [6.07, 6.45) is 1.14. The molecule has 104 valence electrons. The van der Waals surface area contributed by atoms with E-state index in [1.54, 1.807) is 0 Å². The third-order valence-electron chi connectivity index (χ3n) is 2.42. The van der Waals surface area contributed by atoms with Gasteiger partial charge < -0.3 is 11.1 Å². The van der Waals surface area contributed by atoms with E-state index in [4.69, 9.17) is 5.73 Å². The van der Waals surface area contributed by atoms with Crippen molar-refractivity contribution in [3.05, 3.63) is 51.9 Å². The fraction of sp³-hybridized carbons (Fsp3) is 0. The van der Waals surface area contributed by atoms with Gasteiger partial charge in [-0.25, -0.2) is 18.2 Å². The van der Waals surface area contributed by atoms with E-state index in [9.17, 15) is 18.0 Å². The standard InChI is InChI=1S/C12H7BrF3N3O/c13-6-3-9(8(15)4-7(6)14)19-12(20)5-1-2-18-11(17)10(5)16/h1-4H,(H2,17,18)(H,19,20). The average molecular weight is 346 g/mol. The smallest absolute Gasteiger partial charge is 0.258 e. The number of nitrogens with two attached hydrogens (primary N) is 1. The number of carbonyl (C=O) groups is 1. The molecule has 0 spiro atoms. The van der Waals surface area contributed by atoms with E-state index in [0.29, 0.717) is 6.07 Å². The van der Waals surface area contributed by atoms with E-state index >= 15 is 0 Å². The van der Waals surface area contributed by atoms with Gasteiger partial charge >= 0.3 is 0 Å². The Morgan fingerprint density at radius 1 is 1.25 bits per heavy atom. The summed E-state index contributed by atoms with van der Waals surface area (Å²) in [5, 5.41) is 2.13. The molecule has 1 aromatic carbocycles. The van der Waals surface area contributed by atoms with Crippen molar-refractivity contribution < 1.29 is 18.0 Å². The van der Waals surface area contributed by atoms with Crippen LogP contribution in [0, 0.1) is 17.5 Å². The van der Waals surface area contributed by atoms with Gasteiger partial charge in [0.15, 0.2) is 11.6 Å². The van der Waals surface area contributed by atoms with Crippen molar-refractivity contribution in [2.24, 2.45) is 0 Å². The lowest BCUT2D eigenvalue weighted by Crippen LogP contribution is -2.16. The highest BCUT2D eigenvalue weighted by molar-refractivity contribution is 9.10. The molecule has 20 heavy (non-hydrogen) atoms. The molecule has 0 radical (unpaired) electrons. The number of nitrogens with zero attached hydrogens (tertiary/aromatic N) is 1. The number of pyridine rings is 1. The maximum atomic E-state index is 13.6. The fourth-order valence-corrected chi connectivity index (χ4v) is 1.79. The minimum atomic E-state index is -1.01. The summed E-state index contributed by atoms with van der Waals surface area (Å²) in [6, 6.07) is 2.72. The second-order valence-corrected chi connectivity index (χ2v) is 4.61. The first kappa shape index (κ1) is 14.3. The number of amides is 1. The lowest BCUT2D eigenvalue weighted by molar-refractivity contribution is 0.102. The number of hydrogen-bond acceptors (Lipinski definition) is 3. The number of rotatable bonds is 2. The molecule has 1 heterocycles. The molecule has 0 aliphatic carbocycles. The number of anilines is 2. The molecular weight excluding hydrogens is 339 g/mol. The Morgan fingerprint density at radius 3 is 2.65 bits per heavy atom. The van der Waals surface area contributed by atoms with Crippen LogP contribution in [0.15, 0.2) is 28.9 Å². The van der Waals surface area contributed by atoms with E-state index in [1.165, 1.54) is 0 Å². The molecule has 3 N–H and O–H groups in total. The van der Waals surface area contributed by atoms with Crippen LogP contribution in [0.25, 0.3) is 0 Å². The van der Waals surface area contributed by atoms with Crippen LogP contribution in [0.2, 0.25) is 0 Å². The molecule has 1 amide bonds. The molecule has 0 aliphatic rings. The Morgan fingerprint density at radius 2 is 1.95 bits per heavy atom. The molecule has 0 aliphatic heterocycles. The van der Waals surface area contributed by atoms with Crippen LogP contribution in [0.5, 0.6) is 0 Å². The summed E-state index contributed by atoms with van der Waals surface area (Å²) in [5.41, 5.74) is 4.54. The highest BCUT2D eigenvalue weighted by Gasteiger charge is 2.17. The Kier molecular flexibility index (Phi) is 3.93. The summed E-state index contributed by atoms with van der Waals surface area (Å²) in [5.74, 6) is -4.18. The first-order valence-electron chi connectivity index (χ1n) is 5.26. The normalized spacial score (nSPS) is 10.4. The molecule has 0 atom stereocenters. The van der Waals surface area contributed by atoms with Crippen LogP contribution in [-0.4, -0.2) is 10.9 Å². The first-order chi connectivity index (χ1) is 9.40. The lowest BCUT2D eigenvalue weighted by atomic mass is 10.2. The second-order valence-electron chi connectivity index (χ2n) is 3.76. The zero-order valence-corrected chi connectivity index (χ0v) is 11.3. The predicted octanol–water partition coefficient (Wildman–Crippen LogP) is 3.10. The van der Waals surface area contributed by atoms with E-state index in [0.717, 1.165) is 18.3 Å². The van der Waals surface area contributed by atoms with Crippen LogP contribution >= 0.6 is 15.9 Å². The van der Waals surface area contributed by atoms with Gasteiger partial charge in [-0.15, -0.1) is 0 Å². The van der Waals surface area contributed by atoms with Gasteiger partial charge in [0.2, 0.25) is 0 Å². The molecule has 0 bridgehead atoms. The summed E-state index contributed by atoms with van der Waals surface area (Å²) in [4.78, 5) is 15.3. The second kappa shape index (κ2) is 5.49. The van der Waals surface area contributed by atoms with Gasteiger partial charge in [0.05, 0.1) is 15.7 Å². The first-order valence-corrected chi connectivity index (χ1v) is 6.05. The fourth-order valence-electron chi connectivity index (χ4n) is 1.44. The number of nitrogen functional groups attached to an aromatic ring is 1. The van der Waals surface area contributed by atoms with E-state index in [2.05, 4.69) is 26.2 Å². The van der Waals surface area contributed by atoms with Gasteiger partial charge in [-0.1, -0.05) is 0 Å². The largest absolute Gasteiger partial charge is 0.381 e. The molecule has 2 aromatic rings. The maximum Gasteiger partial charge on any atom is 0.258 e. The lowest BCUT2D eigenvalue weighted by Gasteiger charge is -2.08. The number of aromatic nitrogens is 1. The zero-order valence-electron chi connectivity index (χ0n) is 9.75. The van der Waals surface area contributed by atoms with Gasteiger partial charge in [0, 0.05) is 12.3 Å². The van der Waals surface area contributed by atoms with Crippen LogP contribution in [0.1, 0.15) is 10.4 Å². The molecular formula is C12H7BrF3N3O. The predicted molar refractivity (Wildman–Crippen MR) is 70.6 cm³/mol. The Balaban J connectivity index is 2.33. The number of nitrogens with one attached hydrogen (secondary N) is 1. The van der Waals surface area contributed by atoms with Crippen LogP contribution in [0.4, 0.5) is 24.7 Å². The molecule has 0 fully saturated rings. The summed E-state index contributed by atoms with van der Waals surface area (Å²) in [7, 11) is 0. The quantitative estimate of drug-likeness (QED) is 0.822. The van der Waals surface area contributed by atoms with Crippen molar-refractivity contribution in [3.8, 4) is 0 Å². The van der Waals surface area contributed by atoms with Crippen molar-refractivity contribution in [2.45, 2.75) is 0 Å². The monoisotopic (exact) mass is 345 g/mol. The zero-order chi connectivity index (χ0) is 14.9. The van der Waals surface area contributed by atoms with Crippen molar-refractivity contribution in [1.82, 2.24) is 4.98 Å². The van der Waals surface area contributed by atoms with Crippen molar-refractivity contribution in [2.75, 3.05) is 11.1 Å². The SMILES string of the molecule is Nc1nccc(C(=O)Nc2cc(Br)c(F)cc2F)c1F. The Bertz CT molecular complexity index is 694. The molecule has 1 aromatic heterocycles. The van der Waals surface area contributed by atoms with Crippen molar-refractivity contribution >= 4 is 33.3 Å². The Labute approximate surface area is 119 Å². The van der Waals surface area contributed by atoms with Gasteiger partial charge in [-0.05, 0) is 28.1 Å². The highest BCUT2D eigenvalue weighted by atomic mass is 79.9. The van der Waals surface area contributed by atoms with Gasteiger partial charge in [0.1, 0.15) is 11.6 Å². The molecule has 4 nitrogen and oxygen atoms in total. The van der Waals surface area contributed by atoms with Gasteiger partial charge in [0.25, 0.3) is 5.91 Å². The van der Waals surface area contributed by atoms with Crippen molar-refractivity contribution in [3.63, 3.8) is 0 Å². The molecule has 8 heteroatoms. The average Bonchev–Trinajstić information content (AvgIpc) is 2.39. The van der Waals surface area contributed by atoms with Crippen LogP contribution < -0.4 is 11.1 Å². The molecule has 0 saturated heterocycles. The minimum absolute atomic E-state index is 0.0380. The maximum absolute atomic E-state index is 13.6. The number of carbonyl (C=O) groups excluding carboxylic acids is 1.